The van der Waals surface area contributed by atoms with E-state index in [-0.39, 0.29) is 5.91 Å². The van der Waals surface area contributed by atoms with Crippen molar-refractivity contribution >= 4 is 5.91 Å². The summed E-state index contributed by atoms with van der Waals surface area (Å²) < 4.78 is 5.40. The molecule has 1 aliphatic heterocycles. The fraction of sp³-hybridized carbons (Fsp3) is 0.269. The number of nitrogens with one attached hydrogen (secondary N) is 1. The molecular formula is C26H28N2O2. The van der Waals surface area contributed by atoms with Gasteiger partial charge < -0.3 is 10.1 Å². The highest BCUT2D eigenvalue weighted by atomic mass is 16.5. The molecule has 0 aliphatic carbocycles. The van der Waals surface area contributed by atoms with Crippen LogP contribution in [0.15, 0.2) is 78.9 Å². The third kappa shape index (κ3) is 5.78. The molecule has 1 heterocycles. The maximum absolute atomic E-state index is 12.3. The molecule has 3 aromatic rings. The Hall–Kier alpha value is -2.95. The molecule has 0 radical (unpaired) electrons. The lowest BCUT2D eigenvalue weighted by Crippen LogP contribution is -2.35. The smallest absolute Gasteiger partial charge is 0.224 e. The molecule has 0 bridgehead atoms. The molecule has 1 aliphatic rings. The van der Waals surface area contributed by atoms with E-state index in [2.05, 4.69) is 58.7 Å². The molecule has 0 spiro atoms. The molecule has 1 saturated heterocycles. The van der Waals surface area contributed by atoms with Gasteiger partial charge in [0.15, 0.2) is 0 Å². The number of ether oxygens (including phenoxy) is 1. The van der Waals surface area contributed by atoms with Crippen LogP contribution in [0.5, 0.6) is 0 Å². The number of rotatable bonds is 7. The summed E-state index contributed by atoms with van der Waals surface area (Å²) in [5, 5.41) is 3.03. The zero-order chi connectivity index (χ0) is 20.6. The predicted octanol–water partition coefficient (Wildman–Crippen LogP) is 4.04. The highest BCUT2D eigenvalue weighted by molar-refractivity contribution is 5.78. The van der Waals surface area contributed by atoms with Crippen LogP contribution in [-0.4, -0.2) is 37.1 Å². The summed E-state index contributed by atoms with van der Waals surface area (Å²) in [7, 11) is 0. The van der Waals surface area contributed by atoms with Crippen LogP contribution in [-0.2, 0) is 29.0 Å². The minimum absolute atomic E-state index is 0.0415. The van der Waals surface area contributed by atoms with Gasteiger partial charge in [0, 0.05) is 26.2 Å². The van der Waals surface area contributed by atoms with E-state index in [0.29, 0.717) is 13.0 Å². The van der Waals surface area contributed by atoms with Crippen LogP contribution in [0.3, 0.4) is 0 Å². The summed E-state index contributed by atoms with van der Waals surface area (Å²) in [5.74, 6) is 0.0415. The van der Waals surface area contributed by atoms with Gasteiger partial charge in [0.2, 0.25) is 5.91 Å². The van der Waals surface area contributed by atoms with Crippen molar-refractivity contribution in [3.8, 4) is 11.1 Å². The van der Waals surface area contributed by atoms with E-state index < -0.39 is 0 Å². The van der Waals surface area contributed by atoms with Gasteiger partial charge >= 0.3 is 0 Å². The number of amides is 1. The second-order valence-electron chi connectivity index (χ2n) is 7.72. The van der Waals surface area contributed by atoms with Crippen LogP contribution in [0.1, 0.15) is 16.7 Å². The minimum atomic E-state index is 0.0415. The van der Waals surface area contributed by atoms with E-state index >= 15 is 0 Å². The Morgan fingerprint density at radius 2 is 1.37 bits per heavy atom. The average Bonchev–Trinajstić information content (AvgIpc) is 2.80. The Morgan fingerprint density at radius 3 is 2.07 bits per heavy atom. The molecule has 4 heteroatoms. The van der Waals surface area contributed by atoms with E-state index in [9.17, 15) is 4.79 Å². The highest BCUT2D eigenvalue weighted by Gasteiger charge is 2.10. The average molecular weight is 401 g/mol. The van der Waals surface area contributed by atoms with Gasteiger partial charge in [-0.1, -0.05) is 78.9 Å². The molecule has 1 amide bonds. The first-order chi connectivity index (χ1) is 14.8. The standard InChI is InChI=1S/C26H28N2O2/c29-26(18-21-10-12-25(13-11-21)24-4-2-1-3-5-24)27-19-22-6-8-23(9-7-22)20-28-14-16-30-17-15-28/h1-13H,14-20H2,(H,27,29). The Bertz CT molecular complexity index is 931. The van der Waals surface area contributed by atoms with Crippen molar-refractivity contribution in [2.45, 2.75) is 19.5 Å². The van der Waals surface area contributed by atoms with Crippen molar-refractivity contribution < 1.29 is 9.53 Å². The van der Waals surface area contributed by atoms with E-state index in [1.165, 1.54) is 11.1 Å². The van der Waals surface area contributed by atoms with Gasteiger partial charge in [-0.05, 0) is 27.8 Å². The predicted molar refractivity (Wildman–Crippen MR) is 120 cm³/mol. The SMILES string of the molecule is O=C(Cc1ccc(-c2ccccc2)cc1)NCc1ccc(CN2CCOCC2)cc1. The van der Waals surface area contributed by atoms with Crippen LogP contribution in [0.4, 0.5) is 0 Å². The van der Waals surface area contributed by atoms with Gasteiger partial charge in [-0.25, -0.2) is 0 Å². The number of hydrogen-bond donors (Lipinski definition) is 1. The first-order valence-electron chi connectivity index (χ1n) is 10.6. The van der Waals surface area contributed by atoms with E-state index in [1.54, 1.807) is 0 Å². The fourth-order valence-electron chi connectivity index (χ4n) is 3.67. The summed E-state index contributed by atoms with van der Waals surface area (Å²) >= 11 is 0. The minimum Gasteiger partial charge on any atom is -0.379 e. The van der Waals surface area contributed by atoms with Crippen LogP contribution in [0.25, 0.3) is 11.1 Å². The van der Waals surface area contributed by atoms with Crippen molar-refractivity contribution in [2.24, 2.45) is 0 Å². The van der Waals surface area contributed by atoms with Gasteiger partial charge in [0.1, 0.15) is 0 Å². The number of nitrogens with zero attached hydrogens (tertiary/aromatic N) is 1. The molecule has 4 rings (SSSR count). The number of morpholine rings is 1. The number of carbonyl (C=O) groups is 1. The lowest BCUT2D eigenvalue weighted by Gasteiger charge is -2.26. The van der Waals surface area contributed by atoms with Crippen molar-refractivity contribution in [3.05, 3.63) is 95.6 Å². The zero-order valence-corrected chi connectivity index (χ0v) is 17.2. The third-order valence-electron chi connectivity index (χ3n) is 5.45. The monoisotopic (exact) mass is 400 g/mol. The number of hydrogen-bond acceptors (Lipinski definition) is 3. The maximum atomic E-state index is 12.3. The Balaban J connectivity index is 1.24. The van der Waals surface area contributed by atoms with E-state index in [1.807, 2.05) is 30.3 Å². The van der Waals surface area contributed by atoms with Crippen LogP contribution in [0.2, 0.25) is 0 Å². The summed E-state index contributed by atoms with van der Waals surface area (Å²) in [5.41, 5.74) is 5.79. The second-order valence-corrected chi connectivity index (χ2v) is 7.72. The van der Waals surface area contributed by atoms with Gasteiger partial charge in [0.25, 0.3) is 0 Å². The molecular weight excluding hydrogens is 372 g/mol. The molecule has 1 fully saturated rings. The van der Waals surface area contributed by atoms with E-state index in [0.717, 1.165) is 49.5 Å². The molecule has 0 aromatic heterocycles. The number of carbonyl (C=O) groups excluding carboxylic acids is 1. The normalized spacial score (nSPS) is 14.4. The lowest BCUT2D eigenvalue weighted by atomic mass is 10.0. The van der Waals surface area contributed by atoms with Gasteiger partial charge in [0.05, 0.1) is 19.6 Å². The van der Waals surface area contributed by atoms with Crippen LogP contribution < -0.4 is 5.32 Å². The highest BCUT2D eigenvalue weighted by Crippen LogP contribution is 2.19. The van der Waals surface area contributed by atoms with Crippen LogP contribution >= 0.6 is 0 Å². The third-order valence-corrected chi connectivity index (χ3v) is 5.45. The molecule has 0 saturated carbocycles. The van der Waals surface area contributed by atoms with Crippen molar-refractivity contribution in [2.75, 3.05) is 26.3 Å². The lowest BCUT2D eigenvalue weighted by molar-refractivity contribution is -0.120. The Morgan fingerprint density at radius 1 is 0.767 bits per heavy atom. The first kappa shape index (κ1) is 20.3. The second kappa shape index (κ2) is 10.2. The summed E-state index contributed by atoms with van der Waals surface area (Å²) in [4.78, 5) is 14.7. The molecule has 3 aromatic carbocycles. The Labute approximate surface area is 178 Å². The summed E-state index contributed by atoms with van der Waals surface area (Å²) in [6, 6.07) is 27.0. The topological polar surface area (TPSA) is 41.6 Å². The van der Waals surface area contributed by atoms with Gasteiger partial charge in [-0.2, -0.15) is 0 Å². The summed E-state index contributed by atoms with van der Waals surface area (Å²) in [6.07, 6.45) is 0.393. The van der Waals surface area contributed by atoms with Crippen molar-refractivity contribution in [3.63, 3.8) is 0 Å². The molecule has 0 unspecified atom stereocenters. The summed E-state index contributed by atoms with van der Waals surface area (Å²) in [6.45, 7) is 5.13. The van der Waals surface area contributed by atoms with Crippen LogP contribution in [0, 0.1) is 0 Å². The van der Waals surface area contributed by atoms with E-state index in [4.69, 9.17) is 4.74 Å². The maximum Gasteiger partial charge on any atom is 0.224 e. The van der Waals surface area contributed by atoms with Crippen molar-refractivity contribution in [1.82, 2.24) is 10.2 Å². The fourth-order valence-corrected chi connectivity index (χ4v) is 3.67. The first-order valence-corrected chi connectivity index (χ1v) is 10.6. The molecule has 1 N–H and O–H groups in total. The number of benzene rings is 3. The molecule has 154 valence electrons. The zero-order valence-electron chi connectivity index (χ0n) is 17.2. The molecule has 4 nitrogen and oxygen atoms in total. The Kier molecular flexibility index (Phi) is 6.91. The molecule has 0 atom stereocenters. The quantitative estimate of drug-likeness (QED) is 0.651. The van der Waals surface area contributed by atoms with Crippen molar-refractivity contribution in [1.29, 1.82) is 0 Å². The largest absolute Gasteiger partial charge is 0.379 e. The molecule has 30 heavy (non-hydrogen) atoms. The van der Waals surface area contributed by atoms with Gasteiger partial charge in [-0.15, -0.1) is 0 Å². The van der Waals surface area contributed by atoms with Gasteiger partial charge in [-0.3, -0.25) is 9.69 Å².